The lowest BCUT2D eigenvalue weighted by molar-refractivity contribution is 0.112. The molecule has 3 aromatic carbocycles. The largest absolute Gasteiger partial charge is 0.386 e. The van der Waals surface area contributed by atoms with E-state index in [4.69, 9.17) is 0 Å². The van der Waals surface area contributed by atoms with E-state index in [1.807, 2.05) is 87.8 Å². The molecule has 1 N–H and O–H groups in total. The van der Waals surface area contributed by atoms with Gasteiger partial charge in [-0.05, 0) is 22.9 Å². The van der Waals surface area contributed by atoms with Gasteiger partial charge < -0.3 is 5.32 Å². The van der Waals surface area contributed by atoms with Crippen LogP contribution >= 0.6 is 0 Å². The number of benzene rings is 3. The maximum atomic E-state index is 10.6. The van der Waals surface area contributed by atoms with Gasteiger partial charge >= 0.3 is 0 Å². The second-order valence-electron chi connectivity index (χ2n) is 5.32. The third-order valence-electron chi connectivity index (χ3n) is 3.85. The van der Waals surface area contributed by atoms with Crippen LogP contribution in [0.4, 0.5) is 5.69 Å². The lowest BCUT2D eigenvalue weighted by Gasteiger charge is -2.02. The summed E-state index contributed by atoms with van der Waals surface area (Å²) in [5.41, 5.74) is 2.86. The van der Waals surface area contributed by atoms with Crippen LogP contribution < -0.4 is 5.32 Å². The number of para-hydroxylation sites is 1. The van der Waals surface area contributed by atoms with E-state index in [9.17, 15) is 4.79 Å². The van der Waals surface area contributed by atoms with Crippen molar-refractivity contribution >= 4 is 33.6 Å². The second kappa shape index (κ2) is 9.94. The van der Waals surface area contributed by atoms with Crippen molar-refractivity contribution in [3.05, 3.63) is 84.6 Å². The standard InChI is InChI=1S/C11H8O.C10H10N2.C2H6/c12-8-10-6-3-5-9-4-1-2-7-11(9)10;1-11-9-6-2-4-8-5-3-7-12-10(8)9;1-2/h1-8H;2-7,11H,1H3;1-2H3. The molecular formula is C23H24N2O. The van der Waals surface area contributed by atoms with Gasteiger partial charge in [0.2, 0.25) is 0 Å². The van der Waals surface area contributed by atoms with Gasteiger partial charge in [0.05, 0.1) is 11.2 Å². The van der Waals surface area contributed by atoms with Crippen molar-refractivity contribution in [1.29, 1.82) is 0 Å². The molecule has 1 aromatic heterocycles. The van der Waals surface area contributed by atoms with E-state index in [2.05, 4.69) is 22.4 Å². The van der Waals surface area contributed by atoms with Crippen molar-refractivity contribution in [3.63, 3.8) is 0 Å². The summed E-state index contributed by atoms with van der Waals surface area (Å²) in [6.45, 7) is 4.00. The molecule has 0 bridgehead atoms. The Kier molecular flexibility index (Phi) is 7.31. The average molecular weight is 344 g/mol. The number of aromatic nitrogens is 1. The molecule has 0 radical (unpaired) electrons. The SMILES string of the molecule is CC.CNc1cccc2cccnc12.O=Cc1cccc2ccccc12. The number of rotatable bonds is 2. The molecule has 0 saturated heterocycles. The van der Waals surface area contributed by atoms with Gasteiger partial charge in [-0.25, -0.2) is 0 Å². The molecule has 4 aromatic rings. The molecule has 0 aliphatic rings. The molecule has 26 heavy (non-hydrogen) atoms. The van der Waals surface area contributed by atoms with Gasteiger partial charge in [-0.1, -0.05) is 74.5 Å². The van der Waals surface area contributed by atoms with E-state index in [-0.39, 0.29) is 0 Å². The number of hydrogen-bond donors (Lipinski definition) is 1. The topological polar surface area (TPSA) is 42.0 Å². The molecule has 0 unspecified atom stereocenters. The molecule has 0 aliphatic heterocycles. The minimum Gasteiger partial charge on any atom is -0.386 e. The van der Waals surface area contributed by atoms with Gasteiger partial charge in [0.1, 0.15) is 0 Å². The number of carbonyl (C=O) groups is 1. The summed E-state index contributed by atoms with van der Waals surface area (Å²) in [7, 11) is 1.91. The first-order valence-corrected chi connectivity index (χ1v) is 8.78. The van der Waals surface area contributed by atoms with Crippen molar-refractivity contribution < 1.29 is 4.79 Å². The number of hydrogen-bond acceptors (Lipinski definition) is 3. The van der Waals surface area contributed by atoms with Crippen LogP contribution in [0.3, 0.4) is 0 Å². The summed E-state index contributed by atoms with van der Waals surface area (Å²) in [4.78, 5) is 14.9. The summed E-state index contributed by atoms with van der Waals surface area (Å²) in [6.07, 6.45) is 2.70. The number of pyridine rings is 1. The van der Waals surface area contributed by atoms with Crippen molar-refractivity contribution in [1.82, 2.24) is 4.98 Å². The molecular weight excluding hydrogens is 320 g/mol. The molecule has 132 valence electrons. The van der Waals surface area contributed by atoms with E-state index in [1.54, 1.807) is 0 Å². The fourth-order valence-corrected chi connectivity index (χ4v) is 2.66. The van der Waals surface area contributed by atoms with E-state index in [1.165, 1.54) is 5.39 Å². The van der Waals surface area contributed by atoms with Crippen LogP contribution in [0.25, 0.3) is 21.7 Å². The molecule has 1 heterocycles. The van der Waals surface area contributed by atoms with Crippen LogP contribution in [-0.2, 0) is 0 Å². The van der Waals surface area contributed by atoms with Gasteiger partial charge in [0.25, 0.3) is 0 Å². The summed E-state index contributed by atoms with van der Waals surface area (Å²) in [6, 6.07) is 23.7. The quantitative estimate of drug-likeness (QED) is 0.457. The Hall–Kier alpha value is -3.20. The van der Waals surface area contributed by atoms with Crippen LogP contribution in [0.15, 0.2) is 79.0 Å². The highest BCUT2D eigenvalue weighted by Gasteiger charge is 1.97. The molecule has 0 spiro atoms. The molecule has 4 rings (SSSR count). The zero-order chi connectivity index (χ0) is 18.8. The monoisotopic (exact) mass is 344 g/mol. The van der Waals surface area contributed by atoms with Gasteiger partial charge in [-0.3, -0.25) is 9.78 Å². The molecule has 3 nitrogen and oxygen atoms in total. The number of aldehydes is 1. The van der Waals surface area contributed by atoms with E-state index in [0.29, 0.717) is 0 Å². The first-order valence-electron chi connectivity index (χ1n) is 8.78. The Balaban J connectivity index is 0.000000171. The van der Waals surface area contributed by atoms with Crippen LogP contribution in [0.1, 0.15) is 24.2 Å². The van der Waals surface area contributed by atoms with Crippen molar-refractivity contribution in [2.75, 3.05) is 12.4 Å². The highest BCUT2D eigenvalue weighted by molar-refractivity contribution is 5.97. The van der Waals surface area contributed by atoms with E-state index < -0.39 is 0 Å². The fraction of sp³-hybridized carbons (Fsp3) is 0.130. The van der Waals surface area contributed by atoms with Crippen LogP contribution in [0, 0.1) is 0 Å². The van der Waals surface area contributed by atoms with Crippen molar-refractivity contribution in [2.24, 2.45) is 0 Å². The number of anilines is 1. The Morgan fingerprint density at radius 1 is 0.808 bits per heavy atom. The van der Waals surface area contributed by atoms with Gasteiger partial charge in [0.15, 0.2) is 6.29 Å². The maximum Gasteiger partial charge on any atom is 0.150 e. The van der Waals surface area contributed by atoms with Crippen molar-refractivity contribution in [2.45, 2.75) is 13.8 Å². The lowest BCUT2D eigenvalue weighted by atomic mass is 10.1. The third-order valence-corrected chi connectivity index (χ3v) is 3.85. The summed E-state index contributed by atoms with van der Waals surface area (Å²) in [5, 5.41) is 6.41. The Bertz CT molecular complexity index is 969. The number of fused-ring (bicyclic) bond motifs is 2. The predicted octanol–water partition coefficient (Wildman–Crippen LogP) is 5.96. The van der Waals surface area contributed by atoms with Crippen LogP contribution in [0.5, 0.6) is 0 Å². The summed E-state index contributed by atoms with van der Waals surface area (Å²) >= 11 is 0. The number of nitrogens with zero attached hydrogens (tertiary/aromatic N) is 1. The van der Waals surface area contributed by atoms with E-state index >= 15 is 0 Å². The van der Waals surface area contributed by atoms with Gasteiger partial charge in [0, 0.05) is 24.2 Å². The zero-order valence-electron chi connectivity index (χ0n) is 15.4. The average Bonchev–Trinajstić information content (AvgIpc) is 2.74. The lowest BCUT2D eigenvalue weighted by Crippen LogP contribution is -1.90. The van der Waals surface area contributed by atoms with Gasteiger partial charge in [-0.2, -0.15) is 0 Å². The Morgan fingerprint density at radius 3 is 2.23 bits per heavy atom. The molecule has 3 heteroatoms. The first kappa shape index (κ1) is 19.1. The third kappa shape index (κ3) is 4.45. The minimum atomic E-state index is 0.758. The van der Waals surface area contributed by atoms with Gasteiger partial charge in [-0.15, -0.1) is 0 Å². The maximum absolute atomic E-state index is 10.6. The molecule has 0 amide bonds. The highest BCUT2D eigenvalue weighted by Crippen LogP contribution is 2.19. The van der Waals surface area contributed by atoms with Crippen LogP contribution in [-0.4, -0.2) is 18.3 Å². The summed E-state index contributed by atoms with van der Waals surface area (Å²) < 4.78 is 0. The summed E-state index contributed by atoms with van der Waals surface area (Å²) in [5.74, 6) is 0. The predicted molar refractivity (Wildman–Crippen MR) is 112 cm³/mol. The highest BCUT2D eigenvalue weighted by atomic mass is 16.1. The minimum absolute atomic E-state index is 0.758. The molecule has 0 saturated carbocycles. The molecule has 0 atom stereocenters. The smallest absolute Gasteiger partial charge is 0.150 e. The van der Waals surface area contributed by atoms with Crippen LogP contribution in [0.2, 0.25) is 0 Å². The Labute approximate surface area is 154 Å². The molecule has 0 fully saturated rings. The van der Waals surface area contributed by atoms with E-state index in [0.717, 1.165) is 33.8 Å². The number of carbonyl (C=O) groups excluding carboxylic acids is 1. The fourth-order valence-electron chi connectivity index (χ4n) is 2.66. The van der Waals surface area contributed by atoms with Crippen molar-refractivity contribution in [3.8, 4) is 0 Å². The first-order chi connectivity index (χ1) is 12.8. The Morgan fingerprint density at radius 2 is 1.46 bits per heavy atom. The normalized spacial score (nSPS) is 9.50. The second-order valence-corrected chi connectivity index (χ2v) is 5.32. The number of nitrogens with one attached hydrogen (secondary N) is 1. The molecule has 0 aliphatic carbocycles. The zero-order valence-corrected chi connectivity index (χ0v) is 15.4.